The number of ketones is 1. The highest BCUT2D eigenvalue weighted by molar-refractivity contribution is 7.65. The summed E-state index contributed by atoms with van der Waals surface area (Å²) in [7, 11) is -3.30. The Bertz CT molecular complexity index is 562. The van der Waals surface area contributed by atoms with E-state index in [1.165, 1.54) is 6.42 Å². The zero-order valence-corrected chi connectivity index (χ0v) is 19.1. The van der Waals surface area contributed by atoms with E-state index in [0.717, 1.165) is 25.7 Å². The van der Waals surface area contributed by atoms with Crippen LogP contribution in [0.15, 0.2) is 0 Å². The summed E-state index contributed by atoms with van der Waals surface area (Å²) >= 11 is 0. The smallest absolute Gasteiger partial charge is 0.275 e. The first-order chi connectivity index (χ1) is 13.4. The molecule has 0 aromatic rings. The van der Waals surface area contributed by atoms with Gasteiger partial charge in [0.05, 0.1) is 12.6 Å². The normalized spacial score (nSPS) is 17.8. The monoisotopic (exact) mass is 432 g/mol. The first-order valence-corrected chi connectivity index (χ1v) is 12.7. The average molecular weight is 433 g/mol. The molecule has 1 aliphatic carbocycles. The summed E-state index contributed by atoms with van der Waals surface area (Å²) in [6.45, 7) is 6.92. The molecular weight excluding hydrogens is 393 g/mol. The van der Waals surface area contributed by atoms with Crippen LogP contribution in [-0.4, -0.2) is 58.3 Å². The van der Waals surface area contributed by atoms with E-state index < -0.39 is 37.4 Å². The molecule has 2 amide bonds. The Morgan fingerprint density at radius 3 is 2.10 bits per heavy atom. The number of rotatable bonds is 11. The number of hydrogen-bond acceptors (Lipinski definition) is 6. The molecule has 1 rings (SSSR count). The summed E-state index contributed by atoms with van der Waals surface area (Å²) in [5.74, 6) is -1.31. The second-order valence-corrected chi connectivity index (χ2v) is 11.4. The van der Waals surface area contributed by atoms with Gasteiger partial charge in [-0.1, -0.05) is 47.0 Å². The second kappa shape index (κ2) is 11.9. The number of Topliss-reactive ketones (excluding diaryl/α,β-unsaturated/α-hetero) is 1. The van der Waals surface area contributed by atoms with Crippen molar-refractivity contribution in [1.82, 2.24) is 10.6 Å². The predicted molar refractivity (Wildman–Crippen MR) is 115 cm³/mol. The van der Waals surface area contributed by atoms with Gasteiger partial charge in [-0.25, -0.2) is 9.79 Å². The third kappa shape index (κ3) is 9.51. The van der Waals surface area contributed by atoms with Crippen molar-refractivity contribution in [3.05, 3.63) is 0 Å². The van der Waals surface area contributed by atoms with Crippen molar-refractivity contribution in [2.75, 3.05) is 18.9 Å². The number of amides is 2. The number of carbonyl (C=O) groups excluding carboxylic acids is 3. The van der Waals surface area contributed by atoms with Crippen molar-refractivity contribution in [3.63, 3.8) is 0 Å². The maximum absolute atomic E-state index is 12.5. The van der Waals surface area contributed by atoms with E-state index in [4.69, 9.17) is 5.73 Å². The molecule has 1 fully saturated rings. The van der Waals surface area contributed by atoms with E-state index in [9.17, 15) is 24.2 Å². The number of hydrogen-bond donors (Lipinski definition) is 5. The molecule has 0 heterocycles. The van der Waals surface area contributed by atoms with Gasteiger partial charge in [0.15, 0.2) is 11.9 Å². The van der Waals surface area contributed by atoms with Crippen molar-refractivity contribution >= 4 is 25.3 Å². The van der Waals surface area contributed by atoms with Crippen LogP contribution in [0.25, 0.3) is 0 Å². The summed E-state index contributed by atoms with van der Waals surface area (Å²) in [5.41, 5.74) is 5.83. The highest BCUT2D eigenvalue weighted by Gasteiger charge is 2.39. The van der Waals surface area contributed by atoms with E-state index in [-0.39, 0.29) is 36.6 Å². The molecule has 0 spiro atoms. The third-order valence-electron chi connectivity index (χ3n) is 5.43. The molecule has 8 nitrogen and oxygen atoms in total. The minimum atomic E-state index is -3.30. The molecular formula is C20H39N3O5P+. The van der Waals surface area contributed by atoms with Crippen LogP contribution in [0.5, 0.6) is 0 Å². The molecule has 6 N–H and O–H groups in total. The van der Waals surface area contributed by atoms with Crippen molar-refractivity contribution in [2.24, 2.45) is 23.5 Å². The number of carbonyl (C=O) groups is 3. The molecule has 9 heteroatoms. The summed E-state index contributed by atoms with van der Waals surface area (Å²) in [5, 5.41) is 5.16. The molecule has 0 bridgehead atoms. The van der Waals surface area contributed by atoms with Crippen LogP contribution >= 0.6 is 7.72 Å². The Morgan fingerprint density at radius 1 is 1.00 bits per heavy atom. The van der Waals surface area contributed by atoms with Crippen molar-refractivity contribution < 1.29 is 24.2 Å². The van der Waals surface area contributed by atoms with Crippen LogP contribution in [0.1, 0.15) is 59.8 Å². The fourth-order valence-electron chi connectivity index (χ4n) is 3.57. The molecule has 1 aliphatic rings. The topological polar surface area (TPSA) is 142 Å². The molecule has 0 aromatic carbocycles. The van der Waals surface area contributed by atoms with Gasteiger partial charge >= 0.3 is 0 Å². The maximum Gasteiger partial charge on any atom is 0.275 e. The summed E-state index contributed by atoms with van der Waals surface area (Å²) in [4.78, 5) is 57.4. The van der Waals surface area contributed by atoms with Gasteiger partial charge in [0, 0.05) is 0 Å². The minimum Gasteiger partial charge on any atom is -0.347 e. The van der Waals surface area contributed by atoms with Crippen LogP contribution < -0.4 is 16.4 Å². The standard InChI is InChI=1S/C20H38N3O5P/c1-13(2)17(21)19(25)23-18(14(3)4)20(26)22-10-16(24)12-29(27,28)11-15-8-6-5-7-9-15/h13-15,17-18,27-28H,5-12,21H2,1-4H3,(H-,22,23,25,26)/p+1/t17-,18+/m0/s1. The van der Waals surface area contributed by atoms with Gasteiger partial charge in [-0.2, -0.15) is 0 Å². The SMILES string of the molecule is CC(C)[C@H](N)C(=O)N[C@@H](C(=O)NCC(=O)C[P+](O)(O)CC1CCCCC1)C(C)C. The van der Waals surface area contributed by atoms with Gasteiger partial charge in [-0.15, -0.1) is 0 Å². The van der Waals surface area contributed by atoms with Gasteiger partial charge in [-0.05, 0) is 30.6 Å². The third-order valence-corrected chi connectivity index (χ3v) is 7.39. The fraction of sp³-hybridized carbons (Fsp3) is 0.850. The van der Waals surface area contributed by atoms with Crippen molar-refractivity contribution in [1.29, 1.82) is 0 Å². The maximum atomic E-state index is 12.5. The van der Waals surface area contributed by atoms with Gasteiger partial charge in [0.2, 0.25) is 11.8 Å². The molecule has 168 valence electrons. The minimum absolute atomic E-state index is 0.0668. The summed E-state index contributed by atoms with van der Waals surface area (Å²) in [6.07, 6.45) is 5.28. The Morgan fingerprint density at radius 2 is 1.59 bits per heavy atom. The molecule has 2 atom stereocenters. The fourth-order valence-corrected chi connectivity index (χ4v) is 5.57. The average Bonchev–Trinajstić information content (AvgIpc) is 2.62. The summed E-state index contributed by atoms with van der Waals surface area (Å²) in [6, 6.07) is -1.54. The van der Waals surface area contributed by atoms with E-state index in [0.29, 0.717) is 0 Å². The number of nitrogens with two attached hydrogens (primary N) is 1. The van der Waals surface area contributed by atoms with Crippen LogP contribution in [0.4, 0.5) is 0 Å². The van der Waals surface area contributed by atoms with E-state index in [2.05, 4.69) is 10.6 Å². The molecule has 1 saturated carbocycles. The van der Waals surface area contributed by atoms with Crippen molar-refractivity contribution in [2.45, 2.75) is 71.9 Å². The Kier molecular flexibility index (Phi) is 10.7. The van der Waals surface area contributed by atoms with Crippen LogP contribution in [0.2, 0.25) is 0 Å². The molecule has 0 unspecified atom stereocenters. The first-order valence-electron chi connectivity index (χ1n) is 10.6. The summed E-state index contributed by atoms with van der Waals surface area (Å²) < 4.78 is 0. The van der Waals surface area contributed by atoms with E-state index in [1.54, 1.807) is 13.8 Å². The van der Waals surface area contributed by atoms with Crippen molar-refractivity contribution in [3.8, 4) is 0 Å². The van der Waals surface area contributed by atoms with Crippen LogP contribution in [-0.2, 0) is 14.4 Å². The van der Waals surface area contributed by atoms with Crippen LogP contribution in [0.3, 0.4) is 0 Å². The molecule has 0 saturated heterocycles. The lowest BCUT2D eigenvalue weighted by atomic mass is 9.91. The Balaban J connectivity index is 2.52. The van der Waals surface area contributed by atoms with Crippen LogP contribution in [0, 0.1) is 17.8 Å². The zero-order chi connectivity index (χ0) is 22.2. The van der Waals surface area contributed by atoms with Gasteiger partial charge < -0.3 is 16.4 Å². The molecule has 0 aromatic heterocycles. The molecule has 0 radical (unpaired) electrons. The largest absolute Gasteiger partial charge is 0.347 e. The second-order valence-electron chi connectivity index (χ2n) is 8.98. The quantitative estimate of drug-likeness (QED) is 0.311. The van der Waals surface area contributed by atoms with Gasteiger partial charge in [-0.3, -0.25) is 14.4 Å². The lowest BCUT2D eigenvalue weighted by Gasteiger charge is -2.25. The van der Waals surface area contributed by atoms with E-state index >= 15 is 0 Å². The molecule has 29 heavy (non-hydrogen) atoms. The molecule has 0 aliphatic heterocycles. The van der Waals surface area contributed by atoms with Gasteiger partial charge in [0.1, 0.15) is 12.2 Å². The predicted octanol–water partition coefficient (Wildman–Crippen LogP) is 1.21. The van der Waals surface area contributed by atoms with Gasteiger partial charge in [0.25, 0.3) is 7.72 Å². The Hall–Kier alpha value is -1.08. The Labute approximate surface area is 174 Å². The lowest BCUT2D eigenvalue weighted by Crippen LogP contribution is -2.55. The first kappa shape index (κ1) is 26.0. The van der Waals surface area contributed by atoms with E-state index in [1.807, 2.05) is 13.8 Å². The highest BCUT2D eigenvalue weighted by atomic mass is 31.2. The lowest BCUT2D eigenvalue weighted by molar-refractivity contribution is -0.131. The highest BCUT2D eigenvalue weighted by Crippen LogP contribution is 2.52. The number of nitrogens with one attached hydrogen (secondary N) is 2. The zero-order valence-electron chi connectivity index (χ0n) is 18.2.